The molecule has 3 heterocycles. The summed E-state index contributed by atoms with van der Waals surface area (Å²) in [6.07, 6.45) is 4.23. The lowest BCUT2D eigenvalue weighted by Gasteiger charge is -2.29. The van der Waals surface area contributed by atoms with E-state index in [0.29, 0.717) is 6.67 Å². The maximum atomic E-state index is 7.10. The number of ether oxygens (including phenoxy) is 1. The molecule has 0 saturated carbocycles. The molecular weight excluding hydrogens is 805 g/mol. The minimum absolute atomic E-state index is 0.0189. The van der Waals surface area contributed by atoms with Crippen molar-refractivity contribution in [2.24, 2.45) is 0 Å². The van der Waals surface area contributed by atoms with E-state index in [4.69, 9.17) is 9.72 Å². The van der Waals surface area contributed by atoms with Crippen LogP contribution in [0, 0.1) is 0 Å². The van der Waals surface area contributed by atoms with E-state index in [2.05, 4.69) is 258 Å². The molecule has 0 N–H and O–H groups in total. The Bertz CT molecular complexity index is 3240. The Labute approximate surface area is 390 Å². The molecule has 0 unspecified atom stereocenters. The van der Waals surface area contributed by atoms with Crippen LogP contribution in [0.15, 0.2) is 194 Å². The van der Waals surface area contributed by atoms with Gasteiger partial charge in [-0.05, 0) is 110 Å². The first kappa shape index (κ1) is 42.6. The first-order valence-electron chi connectivity index (χ1n) is 23.1. The van der Waals surface area contributed by atoms with Gasteiger partial charge in [-0.25, -0.2) is 4.98 Å². The van der Waals surface area contributed by atoms with Crippen molar-refractivity contribution >= 4 is 38.9 Å². The largest absolute Gasteiger partial charge is 0.457 e. The van der Waals surface area contributed by atoms with Crippen LogP contribution in [0.4, 0.5) is 11.4 Å². The van der Waals surface area contributed by atoms with E-state index in [-0.39, 0.29) is 16.2 Å². The molecule has 10 rings (SSSR count). The molecule has 0 aliphatic carbocycles. The maximum absolute atomic E-state index is 7.10. The molecule has 9 aromatic rings. The summed E-state index contributed by atoms with van der Waals surface area (Å²) in [5, 5.41) is 2.31. The van der Waals surface area contributed by atoms with Gasteiger partial charge in [-0.2, -0.15) is 0 Å². The van der Waals surface area contributed by atoms with Crippen LogP contribution in [-0.4, -0.2) is 16.2 Å². The Kier molecular flexibility index (Phi) is 10.7. The lowest BCUT2D eigenvalue weighted by Crippen LogP contribution is -2.27. The number of aromatic nitrogens is 2. The molecule has 2 aromatic heterocycles. The molecule has 0 radical (unpaired) electrons. The van der Waals surface area contributed by atoms with Crippen molar-refractivity contribution in [1.82, 2.24) is 9.55 Å². The maximum Gasteiger partial charge on any atom is 0.137 e. The Morgan fingerprint density at radius 2 is 1.11 bits per heavy atom. The van der Waals surface area contributed by atoms with Gasteiger partial charge >= 0.3 is 0 Å². The van der Waals surface area contributed by atoms with Gasteiger partial charge < -0.3 is 14.5 Å². The highest BCUT2D eigenvalue weighted by Gasteiger charge is 2.30. The number of anilines is 2. The summed E-state index contributed by atoms with van der Waals surface area (Å²) in [7, 11) is 0. The third-order valence-corrected chi connectivity index (χ3v) is 13.3. The summed E-state index contributed by atoms with van der Waals surface area (Å²) in [4.78, 5) is 9.79. The zero-order valence-electron chi connectivity index (χ0n) is 39.4. The minimum Gasteiger partial charge on any atom is -0.457 e. The van der Waals surface area contributed by atoms with Crippen LogP contribution >= 0.6 is 0 Å². The summed E-state index contributed by atoms with van der Waals surface area (Å²) in [5.74, 6) is 2.41. The molecule has 0 spiro atoms. The second kappa shape index (κ2) is 16.6. The summed E-state index contributed by atoms with van der Waals surface area (Å²) >= 11 is 0. The van der Waals surface area contributed by atoms with E-state index in [0.717, 1.165) is 50.7 Å². The average molecular weight is 863 g/mol. The smallest absolute Gasteiger partial charge is 0.137 e. The Morgan fingerprint density at radius 1 is 0.455 bits per heavy atom. The van der Waals surface area contributed by atoms with Gasteiger partial charge in [0, 0.05) is 52.1 Å². The van der Waals surface area contributed by atoms with Gasteiger partial charge in [0.25, 0.3) is 0 Å². The van der Waals surface area contributed by atoms with Crippen molar-refractivity contribution in [3.8, 4) is 28.4 Å². The molecule has 5 nitrogen and oxygen atoms in total. The zero-order chi connectivity index (χ0) is 45.8. The predicted octanol–water partition coefficient (Wildman–Crippen LogP) is 15.8. The lowest BCUT2D eigenvalue weighted by atomic mass is 9.78. The van der Waals surface area contributed by atoms with E-state index >= 15 is 0 Å². The Morgan fingerprint density at radius 3 is 1.82 bits per heavy atom. The Balaban J connectivity index is 1.11. The van der Waals surface area contributed by atoms with E-state index in [9.17, 15) is 0 Å². The molecule has 7 aromatic carbocycles. The van der Waals surface area contributed by atoms with E-state index in [1.54, 1.807) is 0 Å². The number of fused-ring (bicyclic) bond motifs is 3. The summed E-state index contributed by atoms with van der Waals surface area (Å²) in [5.41, 5.74) is 13.6. The fourth-order valence-corrected chi connectivity index (χ4v) is 9.30. The van der Waals surface area contributed by atoms with Gasteiger partial charge in [0.05, 0.1) is 23.4 Å². The molecule has 66 heavy (non-hydrogen) atoms. The SMILES string of the molecule is CC(C)(C)c1cccc(N2CN(c3cc(Oc4ccc5c6cc(-c7ccccc7)ccc6n(-c6cc(C(C)(C)C)ccn6)c5c4)cc(C(C)(C)c4ccccc4)c3)C=C2c2ccccc2)c1. The highest BCUT2D eigenvalue weighted by Crippen LogP contribution is 2.43. The van der Waals surface area contributed by atoms with E-state index in [1.165, 1.54) is 44.5 Å². The van der Waals surface area contributed by atoms with Crippen molar-refractivity contribution < 1.29 is 4.74 Å². The standard InChI is InChI=1S/C61H58N4O/c1-59(2,3)46-25-18-26-49(34-46)64-41-63(40-57(64)43-21-14-10-15-22-43)50-35-48(61(7,8)45-23-16-11-17-24-45)36-52(38-50)66-51-28-29-53-54-33-44(42-19-12-9-13-20-42)27-30-55(54)65(56(53)39-51)58-37-47(31-32-62-58)60(4,5)6/h9-40H,41H2,1-8H3. The number of benzene rings is 7. The number of nitrogens with zero attached hydrogens (tertiary/aromatic N) is 4. The van der Waals surface area contributed by atoms with Crippen molar-refractivity contribution in [2.45, 2.75) is 71.6 Å². The van der Waals surface area contributed by atoms with Crippen LogP contribution in [0.25, 0.3) is 44.4 Å². The number of pyridine rings is 1. The van der Waals surface area contributed by atoms with E-state index < -0.39 is 0 Å². The van der Waals surface area contributed by atoms with Crippen molar-refractivity contribution in [3.05, 3.63) is 222 Å². The van der Waals surface area contributed by atoms with Crippen LogP contribution in [0.5, 0.6) is 11.5 Å². The number of hydrogen-bond acceptors (Lipinski definition) is 4. The van der Waals surface area contributed by atoms with Gasteiger partial charge in [0.2, 0.25) is 0 Å². The molecule has 0 bridgehead atoms. The van der Waals surface area contributed by atoms with Gasteiger partial charge in [-0.1, -0.05) is 165 Å². The van der Waals surface area contributed by atoms with Gasteiger partial charge in [0.15, 0.2) is 0 Å². The zero-order valence-corrected chi connectivity index (χ0v) is 39.4. The molecule has 328 valence electrons. The minimum atomic E-state index is -0.321. The third kappa shape index (κ3) is 8.15. The summed E-state index contributed by atoms with van der Waals surface area (Å²) in [6, 6.07) is 65.5. The second-order valence-electron chi connectivity index (χ2n) is 20.3. The average Bonchev–Trinajstić information content (AvgIpc) is 3.92. The molecule has 0 atom stereocenters. The molecule has 1 aliphatic heterocycles. The lowest BCUT2D eigenvalue weighted by molar-refractivity contribution is 0.480. The second-order valence-corrected chi connectivity index (χ2v) is 20.3. The van der Waals surface area contributed by atoms with Gasteiger partial charge in [0.1, 0.15) is 17.3 Å². The molecule has 0 fully saturated rings. The highest BCUT2D eigenvalue weighted by molar-refractivity contribution is 6.10. The van der Waals surface area contributed by atoms with Gasteiger partial charge in [-0.3, -0.25) is 4.57 Å². The number of hydrogen-bond donors (Lipinski definition) is 0. The summed E-state index contributed by atoms with van der Waals surface area (Å²) in [6.45, 7) is 18.8. The first-order valence-corrected chi connectivity index (χ1v) is 23.1. The highest BCUT2D eigenvalue weighted by atomic mass is 16.5. The van der Waals surface area contributed by atoms with E-state index in [1.807, 2.05) is 6.20 Å². The molecule has 0 saturated heterocycles. The van der Waals surface area contributed by atoms with Crippen LogP contribution in [-0.2, 0) is 16.2 Å². The molecular formula is C61H58N4O. The quantitative estimate of drug-likeness (QED) is 0.145. The third-order valence-electron chi connectivity index (χ3n) is 13.3. The van der Waals surface area contributed by atoms with Gasteiger partial charge in [-0.15, -0.1) is 0 Å². The van der Waals surface area contributed by atoms with Crippen LogP contribution < -0.4 is 14.5 Å². The predicted molar refractivity (Wildman–Crippen MR) is 277 cm³/mol. The van der Waals surface area contributed by atoms with Crippen LogP contribution in [0.1, 0.15) is 83.2 Å². The fraction of sp³-hybridized carbons (Fsp3) is 0.197. The number of rotatable bonds is 9. The topological polar surface area (TPSA) is 33.5 Å². The van der Waals surface area contributed by atoms with Crippen molar-refractivity contribution in [2.75, 3.05) is 16.5 Å². The van der Waals surface area contributed by atoms with Crippen molar-refractivity contribution in [1.29, 1.82) is 0 Å². The molecule has 0 amide bonds. The monoisotopic (exact) mass is 862 g/mol. The van der Waals surface area contributed by atoms with Crippen LogP contribution in [0.3, 0.4) is 0 Å². The summed E-state index contributed by atoms with van der Waals surface area (Å²) < 4.78 is 9.39. The molecule has 5 heteroatoms. The molecule has 1 aliphatic rings. The van der Waals surface area contributed by atoms with Crippen molar-refractivity contribution in [3.63, 3.8) is 0 Å². The Hall–Kier alpha value is -7.37. The van der Waals surface area contributed by atoms with Crippen LogP contribution in [0.2, 0.25) is 0 Å². The fourth-order valence-electron chi connectivity index (χ4n) is 9.30. The first-order chi connectivity index (χ1) is 31.7. The normalized spacial score (nSPS) is 13.4.